The highest BCUT2D eigenvalue weighted by Crippen LogP contribution is 2.38. The molecule has 1 aromatic carbocycles. The van der Waals surface area contributed by atoms with Gasteiger partial charge in [0.05, 0.1) is 25.6 Å². The van der Waals surface area contributed by atoms with Crippen LogP contribution in [0.2, 0.25) is 0 Å². The second kappa shape index (κ2) is 9.19. The second-order valence-electron chi connectivity index (χ2n) is 7.46. The lowest BCUT2D eigenvalue weighted by atomic mass is 9.71. The summed E-state index contributed by atoms with van der Waals surface area (Å²) in [6.45, 7) is 0.422. The van der Waals surface area contributed by atoms with Crippen molar-refractivity contribution in [2.45, 2.75) is 44.9 Å². The molecule has 1 aromatic heterocycles. The summed E-state index contributed by atoms with van der Waals surface area (Å²) in [5.74, 6) is -0.139. The molecule has 0 bridgehead atoms. The molecule has 0 unspecified atom stereocenters. The zero-order chi connectivity index (χ0) is 20.0. The largest absolute Gasteiger partial charge is 0.497 e. The first-order valence-corrected chi connectivity index (χ1v) is 10.4. The monoisotopic (exact) mass is 402 g/mol. The van der Waals surface area contributed by atoms with E-state index >= 15 is 0 Å². The van der Waals surface area contributed by atoms with Crippen molar-refractivity contribution in [2.75, 3.05) is 13.7 Å². The number of rotatable bonds is 8. The number of amides is 1. The first kappa shape index (κ1) is 20.3. The zero-order valence-electron chi connectivity index (χ0n) is 16.1. The highest BCUT2D eigenvalue weighted by molar-refractivity contribution is 7.13. The number of aliphatic carboxylic acids is 1. The molecule has 28 heavy (non-hydrogen) atoms. The number of thiazole rings is 1. The number of carboxylic acids is 1. The Morgan fingerprint density at radius 1 is 1.29 bits per heavy atom. The molecule has 7 heteroatoms. The summed E-state index contributed by atoms with van der Waals surface area (Å²) in [5.41, 5.74) is 1.36. The normalized spacial score (nSPS) is 15.8. The summed E-state index contributed by atoms with van der Waals surface area (Å²) >= 11 is 1.49. The molecule has 1 amide bonds. The summed E-state index contributed by atoms with van der Waals surface area (Å²) in [6, 6.07) is 7.67. The van der Waals surface area contributed by atoms with Crippen molar-refractivity contribution in [3.63, 3.8) is 0 Å². The summed E-state index contributed by atoms with van der Waals surface area (Å²) < 4.78 is 5.25. The molecule has 2 N–H and O–H groups in total. The molecule has 1 heterocycles. The van der Waals surface area contributed by atoms with E-state index in [0.29, 0.717) is 6.54 Å². The highest BCUT2D eigenvalue weighted by atomic mass is 32.1. The Hall–Kier alpha value is -2.41. The van der Waals surface area contributed by atoms with Crippen molar-refractivity contribution in [3.8, 4) is 16.3 Å². The molecule has 1 fully saturated rings. The lowest BCUT2D eigenvalue weighted by molar-refractivity contribution is -0.140. The van der Waals surface area contributed by atoms with E-state index in [2.05, 4.69) is 10.3 Å². The van der Waals surface area contributed by atoms with E-state index in [1.54, 1.807) is 7.11 Å². The van der Waals surface area contributed by atoms with Crippen LogP contribution in [0.25, 0.3) is 10.6 Å². The standard InChI is InChI=1S/C21H26N2O4S/c1-27-17-7-5-6-15(10-17)20-23-16(13-28-20)11-18(24)22-14-21(12-19(25)26)8-3-2-4-9-21/h5-7,10,13H,2-4,8-9,11-12,14H2,1H3,(H,22,24)(H,25,26). The molecule has 3 rings (SSSR count). The van der Waals surface area contributed by atoms with Crippen LogP contribution in [0.3, 0.4) is 0 Å². The van der Waals surface area contributed by atoms with Gasteiger partial charge < -0.3 is 15.2 Å². The fraction of sp³-hybridized carbons (Fsp3) is 0.476. The number of carbonyl (C=O) groups excluding carboxylic acids is 1. The van der Waals surface area contributed by atoms with Gasteiger partial charge in [0.15, 0.2) is 0 Å². The number of methoxy groups -OCH3 is 1. The number of nitrogens with zero attached hydrogens (tertiary/aromatic N) is 1. The first-order chi connectivity index (χ1) is 13.5. The Morgan fingerprint density at radius 3 is 2.79 bits per heavy atom. The van der Waals surface area contributed by atoms with E-state index in [1.807, 2.05) is 29.6 Å². The Bertz CT molecular complexity index is 827. The van der Waals surface area contributed by atoms with Gasteiger partial charge in [0.1, 0.15) is 10.8 Å². The van der Waals surface area contributed by atoms with Gasteiger partial charge in [0, 0.05) is 17.5 Å². The average Bonchev–Trinajstić information content (AvgIpc) is 3.15. The fourth-order valence-corrected chi connectivity index (χ4v) is 4.65. The third-order valence-electron chi connectivity index (χ3n) is 5.31. The molecule has 1 saturated carbocycles. The van der Waals surface area contributed by atoms with Crippen LogP contribution in [0.15, 0.2) is 29.6 Å². The molecule has 2 aromatic rings. The number of carbonyl (C=O) groups is 2. The number of aromatic nitrogens is 1. The molecular weight excluding hydrogens is 376 g/mol. The Labute approximate surface area is 169 Å². The summed E-state index contributed by atoms with van der Waals surface area (Å²) in [4.78, 5) is 28.2. The molecule has 150 valence electrons. The molecule has 0 spiro atoms. The predicted octanol–water partition coefficient (Wildman–Crippen LogP) is 3.90. The number of hydrogen-bond acceptors (Lipinski definition) is 5. The van der Waals surface area contributed by atoms with Crippen LogP contribution >= 0.6 is 11.3 Å². The molecule has 0 radical (unpaired) electrons. The number of ether oxygens (including phenoxy) is 1. The van der Waals surface area contributed by atoms with Gasteiger partial charge in [-0.1, -0.05) is 31.4 Å². The van der Waals surface area contributed by atoms with Crippen molar-refractivity contribution in [1.82, 2.24) is 10.3 Å². The summed E-state index contributed by atoms with van der Waals surface area (Å²) in [7, 11) is 1.63. The molecule has 1 aliphatic rings. The number of hydrogen-bond donors (Lipinski definition) is 2. The van der Waals surface area contributed by atoms with Crippen LogP contribution in [-0.2, 0) is 16.0 Å². The maximum absolute atomic E-state index is 12.4. The Morgan fingerprint density at radius 2 is 2.07 bits per heavy atom. The van der Waals surface area contributed by atoms with Crippen molar-refractivity contribution in [2.24, 2.45) is 5.41 Å². The third kappa shape index (κ3) is 5.32. The quantitative estimate of drug-likeness (QED) is 0.699. The van der Waals surface area contributed by atoms with Crippen molar-refractivity contribution in [1.29, 1.82) is 0 Å². The van der Waals surface area contributed by atoms with Crippen molar-refractivity contribution >= 4 is 23.2 Å². The highest BCUT2D eigenvalue weighted by Gasteiger charge is 2.34. The minimum Gasteiger partial charge on any atom is -0.497 e. The van der Waals surface area contributed by atoms with Crippen LogP contribution in [0.1, 0.15) is 44.2 Å². The topological polar surface area (TPSA) is 88.5 Å². The molecule has 6 nitrogen and oxygen atoms in total. The van der Waals surface area contributed by atoms with Crippen LogP contribution in [-0.4, -0.2) is 35.6 Å². The number of carboxylic acid groups (broad SMARTS) is 1. The van der Waals surface area contributed by atoms with E-state index in [0.717, 1.165) is 54.1 Å². The minimum atomic E-state index is -0.793. The first-order valence-electron chi connectivity index (χ1n) is 9.57. The number of nitrogens with one attached hydrogen (secondary N) is 1. The van der Waals surface area contributed by atoms with E-state index < -0.39 is 5.97 Å². The molecule has 1 aliphatic carbocycles. The number of benzene rings is 1. The summed E-state index contributed by atoms with van der Waals surface area (Å²) in [5, 5.41) is 14.9. The second-order valence-corrected chi connectivity index (χ2v) is 8.32. The van der Waals surface area contributed by atoms with Crippen LogP contribution in [0, 0.1) is 5.41 Å². The van der Waals surface area contributed by atoms with Gasteiger partial charge in [0.2, 0.25) is 5.91 Å². The van der Waals surface area contributed by atoms with E-state index in [1.165, 1.54) is 11.3 Å². The van der Waals surface area contributed by atoms with Crippen LogP contribution in [0.4, 0.5) is 0 Å². The smallest absolute Gasteiger partial charge is 0.303 e. The van der Waals surface area contributed by atoms with Gasteiger partial charge in [-0.2, -0.15) is 0 Å². The predicted molar refractivity (Wildman–Crippen MR) is 109 cm³/mol. The maximum atomic E-state index is 12.4. The van der Waals surface area contributed by atoms with E-state index in [-0.39, 0.29) is 24.2 Å². The van der Waals surface area contributed by atoms with Gasteiger partial charge in [-0.15, -0.1) is 11.3 Å². The lowest BCUT2D eigenvalue weighted by Gasteiger charge is -2.36. The summed E-state index contributed by atoms with van der Waals surface area (Å²) in [6.07, 6.45) is 5.22. The van der Waals surface area contributed by atoms with Crippen LogP contribution in [0.5, 0.6) is 5.75 Å². The van der Waals surface area contributed by atoms with Gasteiger partial charge in [0.25, 0.3) is 0 Å². The van der Waals surface area contributed by atoms with E-state index in [9.17, 15) is 14.7 Å². The van der Waals surface area contributed by atoms with Crippen molar-refractivity contribution < 1.29 is 19.4 Å². The molecule has 0 atom stereocenters. The zero-order valence-corrected chi connectivity index (χ0v) is 16.9. The molecule has 0 saturated heterocycles. The van der Waals surface area contributed by atoms with Gasteiger partial charge in [-0.3, -0.25) is 9.59 Å². The third-order valence-corrected chi connectivity index (χ3v) is 6.25. The van der Waals surface area contributed by atoms with Gasteiger partial charge >= 0.3 is 5.97 Å². The molecule has 0 aliphatic heterocycles. The SMILES string of the molecule is COc1cccc(-c2nc(CC(=O)NCC3(CC(=O)O)CCCCC3)cs2)c1. The fourth-order valence-electron chi connectivity index (χ4n) is 3.83. The Kier molecular flexibility index (Phi) is 6.67. The minimum absolute atomic E-state index is 0.113. The Balaban J connectivity index is 1.59. The maximum Gasteiger partial charge on any atom is 0.303 e. The van der Waals surface area contributed by atoms with Gasteiger partial charge in [-0.25, -0.2) is 4.98 Å². The van der Waals surface area contributed by atoms with Gasteiger partial charge in [-0.05, 0) is 30.4 Å². The lowest BCUT2D eigenvalue weighted by Crippen LogP contribution is -2.41. The van der Waals surface area contributed by atoms with Crippen LogP contribution < -0.4 is 10.1 Å². The average molecular weight is 403 g/mol. The van der Waals surface area contributed by atoms with E-state index in [4.69, 9.17) is 4.74 Å². The molecular formula is C21H26N2O4S. The van der Waals surface area contributed by atoms with Crippen molar-refractivity contribution in [3.05, 3.63) is 35.3 Å².